The van der Waals surface area contributed by atoms with E-state index in [4.69, 9.17) is 0 Å². The normalized spacial score (nSPS) is 10.3. The molecule has 0 atom stereocenters. The first-order chi connectivity index (χ1) is 12.0. The van der Waals surface area contributed by atoms with Crippen LogP contribution < -0.4 is 10.6 Å². The molecule has 132 valence electrons. The topological polar surface area (TPSA) is 88.9 Å². The van der Waals surface area contributed by atoms with Gasteiger partial charge in [0, 0.05) is 18.3 Å². The number of nitrogens with zero attached hydrogens (tertiary/aromatic N) is 3. The highest BCUT2D eigenvalue weighted by atomic mass is 32.2. The molecule has 10 heteroatoms. The lowest BCUT2D eigenvalue weighted by Gasteiger charge is -2.07. The molecule has 1 aromatic heterocycles. The number of thioether (sulfide) groups is 1. The standard InChI is InChI=1S/C15H15F2N5O2S/c1-2-5-22-9-19-21-15(22)25-8-14(24)18-7-13(23)20-10-3-4-11(16)12(17)6-10/h2-4,6,9H,1,5,7-8H2,(H,18,24)(H,20,23). The van der Waals surface area contributed by atoms with Gasteiger partial charge in [-0.3, -0.25) is 9.59 Å². The van der Waals surface area contributed by atoms with Crippen LogP contribution in [0.5, 0.6) is 0 Å². The summed E-state index contributed by atoms with van der Waals surface area (Å²) >= 11 is 1.17. The Morgan fingerprint density at radius 2 is 2.08 bits per heavy atom. The number of amides is 2. The van der Waals surface area contributed by atoms with E-state index in [2.05, 4.69) is 27.4 Å². The Hall–Kier alpha value is -2.75. The van der Waals surface area contributed by atoms with Gasteiger partial charge < -0.3 is 15.2 Å². The van der Waals surface area contributed by atoms with Crippen molar-refractivity contribution in [1.29, 1.82) is 0 Å². The van der Waals surface area contributed by atoms with Gasteiger partial charge >= 0.3 is 0 Å². The largest absolute Gasteiger partial charge is 0.346 e. The van der Waals surface area contributed by atoms with Crippen LogP contribution in [0.4, 0.5) is 14.5 Å². The Balaban J connectivity index is 1.75. The van der Waals surface area contributed by atoms with Gasteiger partial charge in [0.2, 0.25) is 11.8 Å². The lowest BCUT2D eigenvalue weighted by molar-refractivity contribution is -0.122. The molecule has 0 saturated heterocycles. The fourth-order valence-corrected chi connectivity index (χ4v) is 2.51. The number of benzene rings is 1. The monoisotopic (exact) mass is 367 g/mol. The third-order valence-corrected chi connectivity index (χ3v) is 3.87. The van der Waals surface area contributed by atoms with Crippen LogP contribution in [-0.2, 0) is 16.1 Å². The van der Waals surface area contributed by atoms with Crippen LogP contribution in [0, 0.1) is 11.6 Å². The summed E-state index contributed by atoms with van der Waals surface area (Å²) in [7, 11) is 0. The molecule has 2 N–H and O–H groups in total. The summed E-state index contributed by atoms with van der Waals surface area (Å²) in [5.74, 6) is -2.96. The number of carbonyl (C=O) groups excluding carboxylic acids is 2. The molecule has 0 aliphatic rings. The number of hydrogen-bond acceptors (Lipinski definition) is 5. The van der Waals surface area contributed by atoms with E-state index in [1.54, 1.807) is 10.6 Å². The summed E-state index contributed by atoms with van der Waals surface area (Å²) in [5.41, 5.74) is 0.102. The summed E-state index contributed by atoms with van der Waals surface area (Å²) in [6.45, 7) is 3.84. The zero-order chi connectivity index (χ0) is 18.2. The van der Waals surface area contributed by atoms with E-state index in [9.17, 15) is 18.4 Å². The maximum atomic E-state index is 13.0. The lowest BCUT2D eigenvalue weighted by atomic mass is 10.3. The van der Waals surface area contributed by atoms with E-state index in [0.717, 1.165) is 12.1 Å². The van der Waals surface area contributed by atoms with Crippen LogP contribution in [0.1, 0.15) is 0 Å². The second-order valence-electron chi connectivity index (χ2n) is 4.80. The van der Waals surface area contributed by atoms with Gasteiger partial charge in [0.05, 0.1) is 12.3 Å². The van der Waals surface area contributed by atoms with Crippen molar-refractivity contribution < 1.29 is 18.4 Å². The van der Waals surface area contributed by atoms with Crippen molar-refractivity contribution in [2.45, 2.75) is 11.7 Å². The number of hydrogen-bond donors (Lipinski definition) is 2. The van der Waals surface area contributed by atoms with Gasteiger partial charge in [-0.15, -0.1) is 16.8 Å². The summed E-state index contributed by atoms with van der Waals surface area (Å²) in [6, 6.07) is 2.98. The van der Waals surface area contributed by atoms with Crippen LogP contribution in [0.25, 0.3) is 0 Å². The lowest BCUT2D eigenvalue weighted by Crippen LogP contribution is -2.34. The molecule has 0 unspecified atom stereocenters. The van der Waals surface area contributed by atoms with Gasteiger partial charge in [-0.05, 0) is 12.1 Å². The third-order valence-electron chi connectivity index (χ3n) is 2.89. The first kappa shape index (κ1) is 18.6. The van der Waals surface area contributed by atoms with Crippen LogP contribution in [-0.4, -0.2) is 38.9 Å². The molecule has 0 bridgehead atoms. The number of nitrogens with one attached hydrogen (secondary N) is 2. The Morgan fingerprint density at radius 1 is 1.28 bits per heavy atom. The summed E-state index contributed by atoms with van der Waals surface area (Å²) < 4.78 is 27.6. The smallest absolute Gasteiger partial charge is 0.243 e. The van der Waals surface area contributed by atoms with Gasteiger partial charge in [0.15, 0.2) is 16.8 Å². The number of rotatable bonds is 8. The van der Waals surface area contributed by atoms with Crippen molar-refractivity contribution in [3.63, 3.8) is 0 Å². The van der Waals surface area contributed by atoms with E-state index in [1.807, 2.05) is 0 Å². The number of allylic oxidation sites excluding steroid dienone is 1. The zero-order valence-electron chi connectivity index (χ0n) is 13.0. The maximum Gasteiger partial charge on any atom is 0.243 e. The quantitative estimate of drug-likeness (QED) is 0.546. The Kier molecular flexibility index (Phi) is 6.63. The van der Waals surface area contributed by atoms with E-state index in [-0.39, 0.29) is 23.9 Å². The Bertz CT molecular complexity index is 781. The van der Waals surface area contributed by atoms with Crippen LogP contribution >= 0.6 is 11.8 Å². The molecule has 2 rings (SSSR count). The van der Waals surface area contributed by atoms with E-state index in [1.165, 1.54) is 24.2 Å². The van der Waals surface area contributed by atoms with Gasteiger partial charge in [-0.25, -0.2) is 8.78 Å². The predicted octanol–water partition coefficient (Wildman–Crippen LogP) is 1.59. The average Bonchev–Trinajstić information content (AvgIpc) is 3.02. The van der Waals surface area contributed by atoms with Crippen molar-refractivity contribution in [1.82, 2.24) is 20.1 Å². The van der Waals surface area contributed by atoms with Gasteiger partial charge in [-0.1, -0.05) is 17.8 Å². The summed E-state index contributed by atoms with van der Waals surface area (Å²) in [6.07, 6.45) is 3.20. The summed E-state index contributed by atoms with van der Waals surface area (Å²) in [5, 5.41) is 13.0. The minimum absolute atomic E-state index is 0.0499. The van der Waals surface area contributed by atoms with Crippen molar-refractivity contribution >= 4 is 29.3 Å². The molecule has 2 amide bonds. The maximum absolute atomic E-state index is 13.0. The van der Waals surface area contributed by atoms with Crippen LogP contribution in [0.15, 0.2) is 42.3 Å². The van der Waals surface area contributed by atoms with Crippen molar-refractivity contribution in [2.75, 3.05) is 17.6 Å². The van der Waals surface area contributed by atoms with E-state index < -0.39 is 17.5 Å². The highest BCUT2D eigenvalue weighted by molar-refractivity contribution is 7.99. The minimum atomic E-state index is -1.07. The minimum Gasteiger partial charge on any atom is -0.346 e. The molecule has 0 aliphatic heterocycles. The molecule has 2 aromatic rings. The van der Waals surface area contributed by atoms with Crippen LogP contribution in [0.2, 0.25) is 0 Å². The molecule has 7 nitrogen and oxygen atoms in total. The van der Waals surface area contributed by atoms with Crippen molar-refractivity contribution in [3.8, 4) is 0 Å². The first-order valence-corrected chi connectivity index (χ1v) is 8.11. The SMILES string of the molecule is C=CCn1cnnc1SCC(=O)NCC(=O)Nc1ccc(F)c(F)c1. The average molecular weight is 367 g/mol. The number of carbonyl (C=O) groups is 2. The molecule has 1 aromatic carbocycles. The molecule has 1 heterocycles. The molecular weight excluding hydrogens is 352 g/mol. The van der Waals surface area contributed by atoms with Crippen molar-refractivity contribution in [2.24, 2.45) is 0 Å². The van der Waals surface area contributed by atoms with Crippen LogP contribution in [0.3, 0.4) is 0 Å². The van der Waals surface area contributed by atoms with Gasteiger partial charge in [0.25, 0.3) is 0 Å². The first-order valence-electron chi connectivity index (χ1n) is 7.12. The molecule has 0 saturated carbocycles. The second kappa shape index (κ2) is 8.92. The predicted molar refractivity (Wildman–Crippen MR) is 88.9 cm³/mol. The second-order valence-corrected chi connectivity index (χ2v) is 5.74. The number of anilines is 1. The molecule has 0 aliphatic carbocycles. The van der Waals surface area contributed by atoms with E-state index >= 15 is 0 Å². The molecule has 0 radical (unpaired) electrons. The fraction of sp³-hybridized carbons (Fsp3) is 0.200. The Morgan fingerprint density at radius 3 is 2.80 bits per heavy atom. The fourth-order valence-electron chi connectivity index (χ4n) is 1.76. The highest BCUT2D eigenvalue weighted by Crippen LogP contribution is 2.14. The molecule has 25 heavy (non-hydrogen) atoms. The summed E-state index contributed by atoms with van der Waals surface area (Å²) in [4.78, 5) is 23.5. The third kappa shape index (κ3) is 5.68. The highest BCUT2D eigenvalue weighted by Gasteiger charge is 2.10. The van der Waals surface area contributed by atoms with Crippen molar-refractivity contribution in [3.05, 3.63) is 48.8 Å². The molecular formula is C15H15F2N5O2S. The van der Waals surface area contributed by atoms with E-state index in [0.29, 0.717) is 11.7 Å². The Labute approximate surface area is 146 Å². The van der Waals surface area contributed by atoms with Gasteiger partial charge in [-0.2, -0.15) is 0 Å². The number of aromatic nitrogens is 3. The molecule has 0 fully saturated rings. The zero-order valence-corrected chi connectivity index (χ0v) is 13.9. The number of halogens is 2. The van der Waals surface area contributed by atoms with Gasteiger partial charge in [0.1, 0.15) is 6.33 Å². The molecule has 0 spiro atoms.